The van der Waals surface area contributed by atoms with Gasteiger partial charge in [-0.25, -0.2) is 20.0 Å². The van der Waals surface area contributed by atoms with Gasteiger partial charge in [-0.3, -0.25) is 0 Å². The average molecular weight is 450 g/mol. The van der Waals surface area contributed by atoms with E-state index in [1.54, 1.807) is 0 Å². The number of hydrogen-bond donors (Lipinski definition) is 0. The van der Waals surface area contributed by atoms with Crippen molar-refractivity contribution in [2.24, 2.45) is 20.0 Å². The van der Waals surface area contributed by atoms with Crippen LogP contribution in [0.5, 0.6) is 0 Å². The number of fused-ring (bicyclic) bond motifs is 4. The summed E-state index contributed by atoms with van der Waals surface area (Å²) in [6.45, 7) is 0. The van der Waals surface area contributed by atoms with Crippen LogP contribution in [0.25, 0.3) is 5.57 Å². The van der Waals surface area contributed by atoms with Gasteiger partial charge in [0, 0.05) is 25.1 Å². The molecule has 0 radical (unpaired) electrons. The molecule has 0 amide bonds. The molecule has 0 saturated carbocycles. The molecule has 0 saturated heterocycles. The Morgan fingerprint density at radius 2 is 0.968 bits per heavy atom. The van der Waals surface area contributed by atoms with Gasteiger partial charge in [0.1, 0.15) is 0 Å². The molecule has 0 aliphatic carbocycles. The van der Waals surface area contributed by atoms with E-state index >= 15 is 0 Å². The van der Waals surface area contributed by atoms with Crippen molar-refractivity contribution < 1.29 is 19.5 Å². The molecule has 0 atom stereocenters. The number of allylic oxidation sites excluding steroid dienone is 12. The zero-order chi connectivity index (χ0) is 19.9. The number of hydrogen-bond acceptors (Lipinski definition) is 4. The summed E-state index contributed by atoms with van der Waals surface area (Å²) in [7, 11) is 0. The van der Waals surface area contributed by atoms with E-state index in [0.29, 0.717) is 0 Å². The van der Waals surface area contributed by atoms with E-state index in [0.717, 1.165) is 56.8 Å². The fraction of sp³-hybridized carbons (Fsp3) is 0. The van der Waals surface area contributed by atoms with Crippen molar-refractivity contribution >= 4 is 28.4 Å². The summed E-state index contributed by atoms with van der Waals surface area (Å²) in [6, 6.07) is 10.3. The topological polar surface area (TPSA) is 49.4 Å². The monoisotopic (exact) mass is 448 g/mol. The van der Waals surface area contributed by atoms with Gasteiger partial charge in [0.05, 0.1) is 45.6 Å². The van der Waals surface area contributed by atoms with Crippen LogP contribution in [0, 0.1) is 0 Å². The first-order chi connectivity index (χ1) is 14.8. The van der Waals surface area contributed by atoms with Gasteiger partial charge in [0.2, 0.25) is 0 Å². The standard InChI is InChI=1S/C26H16N4.Zn/c1-2-4-17(5-3-1)25-15-24-14-22-9-8-20(28-22)12-18-6-7-19(27-18)13-21-10-11-23(29-21)16-26(25)30-24;/h1-16H;. The van der Waals surface area contributed by atoms with Crippen LogP contribution in [0.1, 0.15) is 5.56 Å². The summed E-state index contributed by atoms with van der Waals surface area (Å²) in [5.41, 5.74) is 9.28. The molecule has 0 fully saturated rings. The van der Waals surface area contributed by atoms with E-state index in [-0.39, 0.29) is 19.5 Å². The van der Waals surface area contributed by atoms with Gasteiger partial charge in [0.15, 0.2) is 0 Å². The third kappa shape index (κ3) is 3.93. The molecule has 31 heavy (non-hydrogen) atoms. The predicted molar refractivity (Wildman–Crippen MR) is 124 cm³/mol. The van der Waals surface area contributed by atoms with Crippen LogP contribution in [-0.4, -0.2) is 22.8 Å². The zero-order valence-corrected chi connectivity index (χ0v) is 19.7. The second-order valence-corrected chi connectivity index (χ2v) is 7.31. The maximum Gasteiger partial charge on any atom is 0.0737 e. The third-order valence-electron chi connectivity index (χ3n) is 5.12. The van der Waals surface area contributed by atoms with Crippen LogP contribution >= 0.6 is 0 Å². The molecule has 0 N–H and O–H groups in total. The van der Waals surface area contributed by atoms with Crippen molar-refractivity contribution in [3.8, 4) is 0 Å². The summed E-state index contributed by atoms with van der Waals surface area (Å²) >= 11 is 0. The number of aliphatic imine (C=N–C) groups is 4. The fourth-order valence-electron chi connectivity index (χ4n) is 3.75. The summed E-state index contributed by atoms with van der Waals surface area (Å²) in [5, 5.41) is 0. The first-order valence-corrected chi connectivity index (χ1v) is 9.82. The molecular weight excluding hydrogens is 434 g/mol. The first-order valence-electron chi connectivity index (χ1n) is 9.82. The Labute approximate surface area is 193 Å². The molecule has 5 heteroatoms. The number of benzene rings is 1. The minimum atomic E-state index is 0. The summed E-state index contributed by atoms with van der Waals surface area (Å²) in [5.74, 6) is 0. The Hall–Kier alpha value is -3.56. The first kappa shape index (κ1) is 19.4. The van der Waals surface area contributed by atoms with Crippen LogP contribution in [0.3, 0.4) is 0 Å². The van der Waals surface area contributed by atoms with E-state index < -0.39 is 0 Å². The van der Waals surface area contributed by atoms with Gasteiger partial charge in [-0.05, 0) is 72.4 Å². The molecule has 5 aliphatic heterocycles. The van der Waals surface area contributed by atoms with Gasteiger partial charge in [-0.1, -0.05) is 30.3 Å². The third-order valence-corrected chi connectivity index (χ3v) is 5.12. The Morgan fingerprint density at radius 1 is 0.452 bits per heavy atom. The van der Waals surface area contributed by atoms with Crippen LogP contribution < -0.4 is 0 Å². The molecule has 142 valence electrons. The van der Waals surface area contributed by atoms with Gasteiger partial charge in [-0.15, -0.1) is 0 Å². The van der Waals surface area contributed by atoms with Crippen molar-refractivity contribution in [2.75, 3.05) is 0 Å². The number of rotatable bonds is 1. The molecule has 0 spiro atoms. The van der Waals surface area contributed by atoms with Crippen molar-refractivity contribution in [2.45, 2.75) is 0 Å². The predicted octanol–water partition coefficient (Wildman–Crippen LogP) is 5.10. The number of nitrogens with zero attached hydrogens (tertiary/aromatic N) is 4. The smallest absolute Gasteiger partial charge is 0.0737 e. The van der Waals surface area contributed by atoms with E-state index in [1.165, 1.54) is 0 Å². The Balaban J connectivity index is 0.00000204. The molecule has 1 aromatic rings. The Kier molecular flexibility index (Phi) is 4.97. The summed E-state index contributed by atoms with van der Waals surface area (Å²) in [6.07, 6.45) is 22.1. The zero-order valence-electron chi connectivity index (χ0n) is 16.7. The molecule has 0 aromatic heterocycles. The molecular formula is C26H16N4Zn. The van der Waals surface area contributed by atoms with E-state index in [1.807, 2.05) is 79.0 Å². The molecule has 5 heterocycles. The van der Waals surface area contributed by atoms with Crippen LogP contribution in [0.4, 0.5) is 0 Å². The SMILES string of the molecule is C1=CC2=NC1=CC1=NC(=CC3=NC(=CC4=NC(=C2)C=C4)C(c2ccccc2)=C3)C=C1.[Zn]. The minimum Gasteiger partial charge on any atom is -0.249 e. The minimum absolute atomic E-state index is 0. The van der Waals surface area contributed by atoms with Gasteiger partial charge < -0.3 is 0 Å². The van der Waals surface area contributed by atoms with Gasteiger partial charge in [0.25, 0.3) is 0 Å². The van der Waals surface area contributed by atoms with E-state index in [2.05, 4.69) is 23.2 Å². The van der Waals surface area contributed by atoms with Crippen molar-refractivity contribution in [3.05, 3.63) is 126 Å². The average Bonchev–Trinajstić information content (AvgIpc) is 3.53. The van der Waals surface area contributed by atoms with Crippen molar-refractivity contribution in [1.29, 1.82) is 0 Å². The second kappa shape index (κ2) is 7.94. The Bertz CT molecular complexity index is 1350. The van der Waals surface area contributed by atoms with Gasteiger partial charge in [-0.2, -0.15) is 0 Å². The normalized spacial score (nSPS) is 20.1. The Morgan fingerprint density at radius 3 is 1.55 bits per heavy atom. The largest absolute Gasteiger partial charge is 0.249 e. The fourth-order valence-corrected chi connectivity index (χ4v) is 3.75. The van der Waals surface area contributed by atoms with Crippen molar-refractivity contribution in [3.63, 3.8) is 0 Å². The molecule has 0 unspecified atom stereocenters. The van der Waals surface area contributed by atoms with Crippen molar-refractivity contribution in [1.82, 2.24) is 0 Å². The summed E-state index contributed by atoms with van der Waals surface area (Å²) in [4.78, 5) is 18.9. The maximum atomic E-state index is 4.87. The van der Waals surface area contributed by atoms with E-state index in [9.17, 15) is 0 Å². The molecule has 6 rings (SSSR count). The summed E-state index contributed by atoms with van der Waals surface area (Å²) < 4.78 is 0. The molecule has 5 aliphatic rings. The van der Waals surface area contributed by atoms with Crippen LogP contribution in [0.15, 0.2) is 140 Å². The van der Waals surface area contributed by atoms with Gasteiger partial charge >= 0.3 is 0 Å². The quantitative estimate of drug-likeness (QED) is 0.535. The maximum absolute atomic E-state index is 4.87. The van der Waals surface area contributed by atoms with Crippen LogP contribution in [0.2, 0.25) is 0 Å². The van der Waals surface area contributed by atoms with Crippen LogP contribution in [-0.2, 0) is 19.5 Å². The molecule has 8 bridgehead atoms. The second-order valence-electron chi connectivity index (χ2n) is 7.31. The molecule has 1 aromatic carbocycles. The molecule has 4 nitrogen and oxygen atoms in total. The van der Waals surface area contributed by atoms with E-state index in [4.69, 9.17) is 15.0 Å².